The van der Waals surface area contributed by atoms with Crippen LogP contribution < -0.4 is 5.32 Å². The first kappa shape index (κ1) is 11.1. The minimum Gasteiger partial charge on any atom is -0.453 e. The van der Waals surface area contributed by atoms with E-state index in [4.69, 9.17) is 0 Å². The van der Waals surface area contributed by atoms with Crippen LogP contribution >= 0.6 is 22.6 Å². The maximum absolute atomic E-state index is 11.0. The molecule has 0 saturated heterocycles. The Bertz CT molecular complexity index is 175. The molecular formula is C9H16INO2. The molecular weight excluding hydrogens is 281 g/mol. The summed E-state index contributed by atoms with van der Waals surface area (Å²) in [5.41, 5.74) is 0. The zero-order valence-electron chi connectivity index (χ0n) is 7.88. The molecule has 0 unspecified atom stereocenters. The normalized spacial score (nSPS) is 29.1. The van der Waals surface area contributed by atoms with Crippen molar-refractivity contribution in [3.8, 4) is 0 Å². The van der Waals surface area contributed by atoms with E-state index in [-0.39, 0.29) is 6.09 Å². The van der Waals surface area contributed by atoms with Crippen molar-refractivity contribution in [3.05, 3.63) is 0 Å². The first-order chi connectivity index (χ1) is 6.24. The number of rotatable bonds is 1. The molecule has 0 spiro atoms. The Morgan fingerprint density at radius 2 is 2.08 bits per heavy atom. The second-order valence-corrected chi connectivity index (χ2v) is 5.00. The third kappa shape index (κ3) is 3.70. The van der Waals surface area contributed by atoms with Gasteiger partial charge in [0.25, 0.3) is 0 Å². The Morgan fingerprint density at radius 1 is 1.38 bits per heavy atom. The highest BCUT2D eigenvalue weighted by atomic mass is 127. The van der Waals surface area contributed by atoms with Gasteiger partial charge in [0.2, 0.25) is 0 Å². The van der Waals surface area contributed by atoms with Gasteiger partial charge in [0.1, 0.15) is 0 Å². The molecule has 0 aliphatic heterocycles. The molecule has 1 aliphatic carbocycles. The summed E-state index contributed by atoms with van der Waals surface area (Å²) in [5, 5.41) is 2.89. The van der Waals surface area contributed by atoms with Crippen LogP contribution in [0.2, 0.25) is 0 Å². The first-order valence-corrected chi connectivity index (χ1v) is 5.97. The smallest absolute Gasteiger partial charge is 0.407 e. The summed E-state index contributed by atoms with van der Waals surface area (Å²) < 4.78 is 5.14. The topological polar surface area (TPSA) is 38.3 Å². The molecule has 4 heteroatoms. The zero-order valence-corrected chi connectivity index (χ0v) is 10.0. The molecule has 2 atom stereocenters. The molecule has 3 nitrogen and oxygen atoms in total. The van der Waals surface area contributed by atoms with E-state index < -0.39 is 0 Å². The van der Waals surface area contributed by atoms with Crippen LogP contribution in [-0.4, -0.2) is 23.2 Å². The number of alkyl carbamates (subject to hydrolysis) is 1. The van der Waals surface area contributed by atoms with E-state index in [1.807, 2.05) is 0 Å². The van der Waals surface area contributed by atoms with Gasteiger partial charge in [-0.25, -0.2) is 4.79 Å². The lowest BCUT2D eigenvalue weighted by Crippen LogP contribution is -2.40. The van der Waals surface area contributed by atoms with Crippen molar-refractivity contribution < 1.29 is 9.53 Å². The second kappa shape index (κ2) is 5.67. The number of methoxy groups -OCH3 is 1. The predicted octanol–water partition coefficient (Wildman–Crippen LogP) is 2.48. The number of carbonyl (C=O) groups is 1. The standard InChI is InChI=1S/C9H16INO2/c1-13-9(12)11-8-6-4-2-3-5-7(8)10/h7-8H,2-6H2,1H3,(H,11,12)/t7-,8-/m0/s1. The molecule has 1 N–H and O–H groups in total. The number of amides is 1. The van der Waals surface area contributed by atoms with Gasteiger partial charge in [0, 0.05) is 9.97 Å². The molecule has 1 amide bonds. The summed E-state index contributed by atoms with van der Waals surface area (Å²) in [4.78, 5) is 11.0. The van der Waals surface area contributed by atoms with Crippen molar-refractivity contribution in [1.29, 1.82) is 0 Å². The molecule has 1 saturated carbocycles. The average Bonchev–Trinajstić information content (AvgIpc) is 2.32. The highest BCUT2D eigenvalue weighted by Crippen LogP contribution is 2.24. The SMILES string of the molecule is COC(=O)N[C@H]1CCCCC[C@@H]1I. The predicted molar refractivity (Wildman–Crippen MR) is 60.2 cm³/mol. The van der Waals surface area contributed by atoms with Crippen LogP contribution in [0.25, 0.3) is 0 Å². The van der Waals surface area contributed by atoms with Gasteiger partial charge in [-0.1, -0.05) is 41.9 Å². The summed E-state index contributed by atoms with van der Waals surface area (Å²) in [6.45, 7) is 0. The minimum atomic E-state index is -0.298. The molecule has 0 aromatic rings. The van der Waals surface area contributed by atoms with Crippen LogP contribution in [0.15, 0.2) is 0 Å². The quantitative estimate of drug-likeness (QED) is 0.459. The van der Waals surface area contributed by atoms with Crippen molar-refractivity contribution in [2.75, 3.05) is 7.11 Å². The fourth-order valence-electron chi connectivity index (χ4n) is 1.64. The Hall–Kier alpha value is 0. The first-order valence-electron chi connectivity index (χ1n) is 4.72. The Kier molecular flexibility index (Phi) is 4.83. The van der Waals surface area contributed by atoms with Gasteiger partial charge in [-0.05, 0) is 12.8 Å². The van der Waals surface area contributed by atoms with Crippen molar-refractivity contribution in [2.24, 2.45) is 0 Å². The van der Waals surface area contributed by atoms with E-state index in [0.29, 0.717) is 9.97 Å². The van der Waals surface area contributed by atoms with E-state index in [0.717, 1.165) is 6.42 Å². The Balaban J connectivity index is 2.40. The van der Waals surface area contributed by atoms with Gasteiger partial charge in [0.05, 0.1) is 7.11 Å². The van der Waals surface area contributed by atoms with Crippen LogP contribution in [-0.2, 0) is 4.74 Å². The Morgan fingerprint density at radius 3 is 2.77 bits per heavy atom. The summed E-state index contributed by atoms with van der Waals surface area (Å²) in [7, 11) is 1.41. The number of carbonyl (C=O) groups excluding carboxylic acids is 1. The largest absolute Gasteiger partial charge is 0.453 e. The second-order valence-electron chi connectivity index (χ2n) is 3.40. The molecule has 0 bridgehead atoms. The number of alkyl halides is 1. The Labute approximate surface area is 92.7 Å². The lowest BCUT2D eigenvalue weighted by molar-refractivity contribution is 0.166. The fourth-order valence-corrected chi connectivity index (χ4v) is 2.62. The summed E-state index contributed by atoms with van der Waals surface area (Å²) in [6.07, 6.45) is 5.78. The van der Waals surface area contributed by atoms with E-state index in [1.54, 1.807) is 0 Å². The number of hydrogen-bond donors (Lipinski definition) is 1. The van der Waals surface area contributed by atoms with Crippen LogP contribution in [0.3, 0.4) is 0 Å². The number of halogens is 1. The van der Waals surface area contributed by atoms with Gasteiger partial charge in [-0.2, -0.15) is 0 Å². The molecule has 76 valence electrons. The van der Waals surface area contributed by atoms with E-state index in [9.17, 15) is 4.79 Å². The summed E-state index contributed by atoms with van der Waals surface area (Å²) >= 11 is 2.42. The van der Waals surface area contributed by atoms with E-state index in [2.05, 4.69) is 32.6 Å². The number of nitrogens with one attached hydrogen (secondary N) is 1. The van der Waals surface area contributed by atoms with Crippen molar-refractivity contribution in [1.82, 2.24) is 5.32 Å². The third-order valence-electron chi connectivity index (χ3n) is 2.42. The molecule has 13 heavy (non-hydrogen) atoms. The van der Waals surface area contributed by atoms with Gasteiger partial charge in [0.15, 0.2) is 0 Å². The van der Waals surface area contributed by atoms with Crippen molar-refractivity contribution >= 4 is 28.7 Å². The molecule has 1 aliphatic rings. The minimum absolute atomic E-state index is 0.298. The monoisotopic (exact) mass is 297 g/mol. The highest BCUT2D eigenvalue weighted by molar-refractivity contribution is 14.1. The van der Waals surface area contributed by atoms with Gasteiger partial charge < -0.3 is 10.1 Å². The molecule has 0 radical (unpaired) electrons. The lowest BCUT2D eigenvalue weighted by Gasteiger charge is -2.20. The molecule has 1 rings (SSSR count). The van der Waals surface area contributed by atoms with E-state index >= 15 is 0 Å². The number of ether oxygens (including phenoxy) is 1. The van der Waals surface area contributed by atoms with Crippen LogP contribution in [0, 0.1) is 0 Å². The van der Waals surface area contributed by atoms with Crippen molar-refractivity contribution in [3.63, 3.8) is 0 Å². The summed E-state index contributed by atoms with van der Waals surface area (Å²) in [5.74, 6) is 0. The molecule has 0 aromatic heterocycles. The number of hydrogen-bond acceptors (Lipinski definition) is 2. The van der Waals surface area contributed by atoms with Crippen LogP contribution in [0.5, 0.6) is 0 Å². The van der Waals surface area contributed by atoms with Gasteiger partial charge >= 0.3 is 6.09 Å². The fraction of sp³-hybridized carbons (Fsp3) is 0.889. The van der Waals surface area contributed by atoms with Gasteiger partial charge in [-0.15, -0.1) is 0 Å². The van der Waals surface area contributed by atoms with Crippen molar-refractivity contribution in [2.45, 2.75) is 42.1 Å². The zero-order chi connectivity index (χ0) is 9.68. The molecule has 0 heterocycles. The van der Waals surface area contributed by atoms with E-state index in [1.165, 1.54) is 32.8 Å². The van der Waals surface area contributed by atoms with Crippen LogP contribution in [0.4, 0.5) is 4.79 Å². The van der Waals surface area contributed by atoms with Crippen LogP contribution in [0.1, 0.15) is 32.1 Å². The van der Waals surface area contributed by atoms with Gasteiger partial charge in [-0.3, -0.25) is 0 Å². The highest BCUT2D eigenvalue weighted by Gasteiger charge is 2.22. The molecule has 1 fully saturated rings. The third-order valence-corrected chi connectivity index (χ3v) is 3.91. The maximum atomic E-state index is 11.0. The average molecular weight is 297 g/mol. The molecule has 0 aromatic carbocycles. The maximum Gasteiger partial charge on any atom is 0.407 e. The summed E-state index contributed by atoms with van der Waals surface area (Å²) in [6, 6.07) is 0.301. The lowest BCUT2D eigenvalue weighted by atomic mass is 10.1.